The number of aryl methyl sites for hydroxylation is 1. The molecule has 0 aliphatic heterocycles. The Bertz CT molecular complexity index is 727. The maximum absolute atomic E-state index is 12.2. The monoisotopic (exact) mass is 255 g/mol. The fourth-order valence-electron chi connectivity index (χ4n) is 1.94. The molecule has 2 N–H and O–H groups in total. The zero-order valence-corrected chi connectivity index (χ0v) is 10.4. The van der Waals surface area contributed by atoms with E-state index in [4.69, 9.17) is 4.42 Å². The lowest BCUT2D eigenvalue weighted by Gasteiger charge is -1.98. The predicted octanol–water partition coefficient (Wildman–Crippen LogP) is 2.97. The van der Waals surface area contributed by atoms with E-state index in [1.54, 1.807) is 0 Å². The molecule has 2 aromatic heterocycles. The molecule has 0 unspecified atom stereocenters. The Kier molecular flexibility index (Phi) is 2.79. The number of amides is 1. The van der Waals surface area contributed by atoms with Crippen LogP contribution < -0.4 is 5.32 Å². The average molecular weight is 255 g/mol. The Morgan fingerprint density at radius 1 is 1.42 bits per heavy atom. The van der Waals surface area contributed by atoms with Gasteiger partial charge in [-0.15, -0.1) is 0 Å². The van der Waals surface area contributed by atoms with Crippen molar-refractivity contribution in [1.29, 1.82) is 0 Å². The van der Waals surface area contributed by atoms with Gasteiger partial charge in [0, 0.05) is 17.1 Å². The molecule has 1 amide bonds. The number of rotatable bonds is 3. The highest BCUT2D eigenvalue weighted by atomic mass is 16.3. The molecule has 96 valence electrons. The summed E-state index contributed by atoms with van der Waals surface area (Å²) in [6.07, 6.45) is 2.31. The maximum Gasteiger partial charge on any atom is 0.260 e. The van der Waals surface area contributed by atoms with Crippen LogP contribution in [0.25, 0.3) is 11.0 Å². The largest absolute Gasteiger partial charge is 0.463 e. The highest BCUT2D eigenvalue weighted by molar-refractivity contribution is 6.11. The van der Waals surface area contributed by atoms with E-state index in [1.165, 1.54) is 6.26 Å². The Morgan fingerprint density at radius 2 is 2.26 bits per heavy atom. The summed E-state index contributed by atoms with van der Waals surface area (Å²) in [4.78, 5) is 12.2. The second kappa shape index (κ2) is 4.61. The minimum atomic E-state index is -0.223. The average Bonchev–Trinajstić information content (AvgIpc) is 3.04. The van der Waals surface area contributed by atoms with Gasteiger partial charge in [0.2, 0.25) is 0 Å². The molecule has 0 radical (unpaired) electrons. The number of H-pyrrole nitrogens is 1. The summed E-state index contributed by atoms with van der Waals surface area (Å²) < 4.78 is 5.35. The third-order valence-electron chi connectivity index (χ3n) is 2.98. The van der Waals surface area contributed by atoms with Gasteiger partial charge in [0.05, 0.1) is 5.56 Å². The molecule has 3 rings (SSSR count). The van der Waals surface area contributed by atoms with Gasteiger partial charge in [-0.05, 0) is 12.5 Å². The first-order valence-corrected chi connectivity index (χ1v) is 6.10. The van der Waals surface area contributed by atoms with E-state index in [9.17, 15) is 4.79 Å². The molecule has 0 bridgehead atoms. The molecular formula is C14H13N3O2. The highest BCUT2D eigenvalue weighted by Crippen LogP contribution is 2.21. The van der Waals surface area contributed by atoms with Crippen LogP contribution in [0, 0.1) is 0 Å². The Labute approximate surface area is 109 Å². The zero-order chi connectivity index (χ0) is 13.2. The van der Waals surface area contributed by atoms with Crippen LogP contribution in [-0.4, -0.2) is 16.1 Å². The van der Waals surface area contributed by atoms with Crippen LogP contribution in [0.5, 0.6) is 0 Å². The molecular weight excluding hydrogens is 242 g/mol. The molecule has 0 saturated heterocycles. The van der Waals surface area contributed by atoms with Crippen LogP contribution in [-0.2, 0) is 6.42 Å². The van der Waals surface area contributed by atoms with Crippen LogP contribution in [0.15, 0.2) is 41.0 Å². The van der Waals surface area contributed by atoms with Crippen molar-refractivity contribution in [2.24, 2.45) is 0 Å². The summed E-state index contributed by atoms with van der Waals surface area (Å²) in [5, 5.41) is 10.4. The first-order valence-electron chi connectivity index (χ1n) is 6.10. The lowest BCUT2D eigenvalue weighted by molar-refractivity contribution is 0.102. The van der Waals surface area contributed by atoms with Gasteiger partial charge in [0.1, 0.15) is 11.8 Å². The summed E-state index contributed by atoms with van der Waals surface area (Å²) in [6.45, 7) is 2.02. The van der Waals surface area contributed by atoms with E-state index in [0.29, 0.717) is 17.0 Å². The number of fused-ring (bicyclic) bond motifs is 1. The smallest absolute Gasteiger partial charge is 0.260 e. The standard InChI is InChI=1S/C14H13N3O2/c1-2-9-7-13(17-16-9)15-14(18)11-8-19-12-6-4-3-5-10(11)12/h3-8H,2H2,1H3,(H2,15,16,17,18). The molecule has 0 aliphatic rings. The lowest BCUT2D eigenvalue weighted by atomic mass is 10.1. The van der Waals surface area contributed by atoms with Crippen molar-refractivity contribution in [3.05, 3.63) is 47.9 Å². The van der Waals surface area contributed by atoms with Gasteiger partial charge in [0.15, 0.2) is 5.82 Å². The molecule has 19 heavy (non-hydrogen) atoms. The lowest BCUT2D eigenvalue weighted by Crippen LogP contribution is -2.11. The predicted molar refractivity (Wildman–Crippen MR) is 72.1 cm³/mol. The number of nitrogens with zero attached hydrogens (tertiary/aromatic N) is 1. The molecule has 0 atom stereocenters. The molecule has 2 heterocycles. The number of benzene rings is 1. The van der Waals surface area contributed by atoms with Crippen molar-refractivity contribution in [2.75, 3.05) is 5.32 Å². The van der Waals surface area contributed by atoms with Crippen LogP contribution >= 0.6 is 0 Å². The van der Waals surface area contributed by atoms with E-state index >= 15 is 0 Å². The molecule has 0 saturated carbocycles. The third-order valence-corrected chi connectivity index (χ3v) is 2.98. The number of hydrogen-bond donors (Lipinski definition) is 2. The Morgan fingerprint density at radius 3 is 3.05 bits per heavy atom. The van der Waals surface area contributed by atoms with Crippen molar-refractivity contribution < 1.29 is 9.21 Å². The van der Waals surface area contributed by atoms with E-state index < -0.39 is 0 Å². The number of furan rings is 1. The topological polar surface area (TPSA) is 70.9 Å². The van der Waals surface area contributed by atoms with Gasteiger partial charge in [-0.3, -0.25) is 9.89 Å². The first-order chi connectivity index (χ1) is 9.28. The van der Waals surface area contributed by atoms with Gasteiger partial charge in [-0.1, -0.05) is 25.1 Å². The molecule has 0 fully saturated rings. The number of hydrogen-bond acceptors (Lipinski definition) is 3. The number of para-hydroxylation sites is 1. The van der Waals surface area contributed by atoms with Crippen molar-refractivity contribution in [1.82, 2.24) is 10.2 Å². The highest BCUT2D eigenvalue weighted by Gasteiger charge is 2.14. The van der Waals surface area contributed by atoms with Crippen molar-refractivity contribution in [3.63, 3.8) is 0 Å². The van der Waals surface area contributed by atoms with Crippen LogP contribution in [0.2, 0.25) is 0 Å². The summed E-state index contributed by atoms with van der Waals surface area (Å²) >= 11 is 0. The third kappa shape index (κ3) is 2.10. The first kappa shape index (κ1) is 11.5. The van der Waals surface area contributed by atoms with E-state index in [1.807, 2.05) is 37.3 Å². The van der Waals surface area contributed by atoms with Gasteiger partial charge in [-0.25, -0.2) is 0 Å². The number of aromatic nitrogens is 2. The Hall–Kier alpha value is -2.56. The van der Waals surface area contributed by atoms with E-state index in [0.717, 1.165) is 17.5 Å². The van der Waals surface area contributed by atoms with E-state index in [-0.39, 0.29) is 5.91 Å². The fourth-order valence-corrected chi connectivity index (χ4v) is 1.94. The molecule has 0 aliphatic carbocycles. The van der Waals surface area contributed by atoms with Gasteiger partial charge >= 0.3 is 0 Å². The summed E-state index contributed by atoms with van der Waals surface area (Å²) in [5.41, 5.74) is 2.19. The van der Waals surface area contributed by atoms with Crippen molar-refractivity contribution in [3.8, 4) is 0 Å². The minimum absolute atomic E-state index is 0.223. The van der Waals surface area contributed by atoms with E-state index in [2.05, 4.69) is 15.5 Å². The maximum atomic E-state index is 12.2. The number of carbonyl (C=O) groups excluding carboxylic acids is 1. The number of nitrogens with one attached hydrogen (secondary N) is 2. The van der Waals surface area contributed by atoms with Gasteiger partial charge in [0.25, 0.3) is 5.91 Å². The number of carbonyl (C=O) groups is 1. The zero-order valence-electron chi connectivity index (χ0n) is 10.4. The normalized spacial score (nSPS) is 10.8. The number of anilines is 1. The van der Waals surface area contributed by atoms with Crippen molar-refractivity contribution in [2.45, 2.75) is 13.3 Å². The summed E-state index contributed by atoms with van der Waals surface area (Å²) in [5.74, 6) is 0.297. The second-order valence-corrected chi connectivity index (χ2v) is 4.23. The quantitative estimate of drug-likeness (QED) is 0.755. The van der Waals surface area contributed by atoms with Crippen LogP contribution in [0.3, 0.4) is 0 Å². The molecule has 3 aromatic rings. The molecule has 1 aromatic carbocycles. The minimum Gasteiger partial charge on any atom is -0.463 e. The molecule has 5 nitrogen and oxygen atoms in total. The Balaban J connectivity index is 1.87. The summed E-state index contributed by atoms with van der Waals surface area (Å²) in [7, 11) is 0. The number of aromatic amines is 1. The van der Waals surface area contributed by atoms with Gasteiger partial charge in [-0.2, -0.15) is 5.10 Å². The summed E-state index contributed by atoms with van der Waals surface area (Å²) in [6, 6.07) is 9.25. The fraction of sp³-hybridized carbons (Fsp3) is 0.143. The van der Waals surface area contributed by atoms with Gasteiger partial charge < -0.3 is 9.73 Å². The second-order valence-electron chi connectivity index (χ2n) is 4.23. The van der Waals surface area contributed by atoms with Crippen LogP contribution in [0.4, 0.5) is 5.82 Å². The van der Waals surface area contributed by atoms with Crippen molar-refractivity contribution >= 4 is 22.7 Å². The van der Waals surface area contributed by atoms with Crippen LogP contribution in [0.1, 0.15) is 23.0 Å². The molecule has 0 spiro atoms. The molecule has 5 heteroatoms. The SMILES string of the molecule is CCc1cc(NC(=O)c2coc3ccccc23)n[nH]1.